The number of nitrogens with two attached hydrogens (primary N) is 1. The number of hydrogen-bond donors (Lipinski definition) is 2. The number of pyridine rings is 1. The van der Waals surface area contributed by atoms with Crippen molar-refractivity contribution in [2.24, 2.45) is 5.73 Å². The van der Waals surface area contributed by atoms with Crippen LogP contribution in [0, 0.1) is 24.1 Å². The lowest BCUT2D eigenvalue weighted by Gasteiger charge is -2.26. The van der Waals surface area contributed by atoms with Crippen LogP contribution in [-0.4, -0.2) is 9.94 Å². The highest BCUT2D eigenvalue weighted by Gasteiger charge is 2.34. The number of aromatic nitrogens is 1. The van der Waals surface area contributed by atoms with Crippen LogP contribution >= 0.6 is 0 Å². The molecule has 0 radical (unpaired) electrons. The van der Waals surface area contributed by atoms with E-state index in [0.29, 0.717) is 10.3 Å². The van der Waals surface area contributed by atoms with Crippen LogP contribution in [0.2, 0.25) is 0 Å². The fourth-order valence-corrected chi connectivity index (χ4v) is 2.63. The Morgan fingerprint density at radius 3 is 2.65 bits per heavy atom. The largest absolute Gasteiger partial charge is 0.440 e. The zero-order chi connectivity index (χ0) is 16.7. The van der Waals surface area contributed by atoms with Gasteiger partial charge in [0.1, 0.15) is 23.2 Å². The number of ether oxygens (including phenoxy) is 1. The molecule has 0 unspecified atom stereocenters. The molecule has 2 heterocycles. The molecule has 3 rings (SSSR count). The molecule has 1 aromatic carbocycles. The van der Waals surface area contributed by atoms with Gasteiger partial charge in [0.05, 0.1) is 17.2 Å². The Morgan fingerprint density at radius 2 is 2.04 bits per heavy atom. The number of benzene rings is 1. The number of nitrogens with zero attached hydrogens (tertiary/aromatic N) is 2. The second-order valence-corrected chi connectivity index (χ2v) is 5.16. The third-order valence-corrected chi connectivity index (χ3v) is 3.75. The molecule has 0 spiro atoms. The van der Waals surface area contributed by atoms with Crippen molar-refractivity contribution in [3.63, 3.8) is 0 Å². The summed E-state index contributed by atoms with van der Waals surface area (Å²) in [6.07, 6.45) is 0. The number of hydrogen-bond acceptors (Lipinski definition) is 5. The zero-order valence-corrected chi connectivity index (χ0v) is 12.1. The van der Waals surface area contributed by atoms with Crippen LogP contribution in [0.25, 0.3) is 0 Å². The van der Waals surface area contributed by atoms with Gasteiger partial charge in [-0.05, 0) is 24.6 Å². The highest BCUT2D eigenvalue weighted by Crippen LogP contribution is 2.40. The first-order valence-corrected chi connectivity index (χ1v) is 6.73. The summed E-state index contributed by atoms with van der Waals surface area (Å²) >= 11 is 0. The fraction of sp³-hybridized carbons (Fsp3) is 0.125. The van der Waals surface area contributed by atoms with Crippen molar-refractivity contribution in [1.29, 1.82) is 5.26 Å². The van der Waals surface area contributed by atoms with Crippen molar-refractivity contribution >= 4 is 0 Å². The fourth-order valence-electron chi connectivity index (χ4n) is 2.63. The summed E-state index contributed by atoms with van der Waals surface area (Å²) in [5.74, 6) is -1.23. The summed E-state index contributed by atoms with van der Waals surface area (Å²) in [5.41, 5.74) is 5.95. The Morgan fingerprint density at radius 1 is 1.39 bits per heavy atom. The first-order chi connectivity index (χ1) is 10.9. The molecule has 0 saturated heterocycles. The van der Waals surface area contributed by atoms with Gasteiger partial charge in [-0.3, -0.25) is 4.79 Å². The SMILES string of the molecule is Cc1cc2c(c(=O)n1O)[C@H](c1ccc(F)cc1)C(C#N)=C(N)O2. The Bertz CT molecular complexity index is 923. The number of nitriles is 1. The molecule has 116 valence electrons. The number of fused-ring (bicyclic) bond motifs is 1. The van der Waals surface area contributed by atoms with Crippen molar-refractivity contribution in [3.05, 3.63) is 74.8 Å². The number of aryl methyl sites for hydroxylation is 1. The van der Waals surface area contributed by atoms with Gasteiger partial charge in [-0.25, -0.2) is 4.39 Å². The monoisotopic (exact) mass is 313 g/mol. The van der Waals surface area contributed by atoms with Crippen molar-refractivity contribution in [3.8, 4) is 11.8 Å². The lowest BCUT2D eigenvalue weighted by molar-refractivity contribution is 0.165. The summed E-state index contributed by atoms with van der Waals surface area (Å²) in [6.45, 7) is 1.53. The van der Waals surface area contributed by atoms with Gasteiger partial charge in [-0.2, -0.15) is 9.99 Å². The Balaban J connectivity index is 2.33. The molecule has 0 bridgehead atoms. The van der Waals surface area contributed by atoms with E-state index in [1.165, 1.54) is 37.3 Å². The predicted molar refractivity (Wildman–Crippen MR) is 78.3 cm³/mol. The number of halogens is 1. The van der Waals surface area contributed by atoms with Gasteiger partial charge in [-0.1, -0.05) is 12.1 Å². The van der Waals surface area contributed by atoms with E-state index in [1.54, 1.807) is 0 Å². The minimum Gasteiger partial charge on any atom is -0.440 e. The predicted octanol–water partition coefficient (Wildman–Crippen LogP) is 1.75. The maximum absolute atomic E-state index is 13.2. The highest BCUT2D eigenvalue weighted by atomic mass is 19.1. The summed E-state index contributed by atoms with van der Waals surface area (Å²) in [6, 6.07) is 8.74. The van der Waals surface area contributed by atoms with Gasteiger partial charge >= 0.3 is 0 Å². The van der Waals surface area contributed by atoms with Crippen LogP contribution in [0.1, 0.15) is 22.7 Å². The normalized spacial score (nSPS) is 16.5. The topological polar surface area (TPSA) is 101 Å². The number of rotatable bonds is 1. The van der Waals surface area contributed by atoms with Gasteiger partial charge in [0.2, 0.25) is 5.88 Å². The van der Waals surface area contributed by atoms with Gasteiger partial charge in [0, 0.05) is 6.07 Å². The minimum atomic E-state index is -0.837. The van der Waals surface area contributed by atoms with Crippen LogP contribution in [0.4, 0.5) is 4.39 Å². The molecule has 3 N–H and O–H groups in total. The molecule has 0 fully saturated rings. The molecule has 1 atom stereocenters. The van der Waals surface area contributed by atoms with Crippen LogP contribution in [0.15, 0.2) is 46.6 Å². The van der Waals surface area contributed by atoms with Gasteiger partial charge in [-0.15, -0.1) is 0 Å². The average molecular weight is 313 g/mol. The molecule has 7 heteroatoms. The maximum Gasteiger partial charge on any atom is 0.291 e. The lowest BCUT2D eigenvalue weighted by Crippen LogP contribution is -2.31. The minimum absolute atomic E-state index is 0.0325. The maximum atomic E-state index is 13.2. The van der Waals surface area contributed by atoms with Crippen molar-refractivity contribution < 1.29 is 14.3 Å². The molecule has 6 nitrogen and oxygen atoms in total. The summed E-state index contributed by atoms with van der Waals surface area (Å²) in [5, 5.41) is 19.2. The zero-order valence-electron chi connectivity index (χ0n) is 12.1. The quantitative estimate of drug-likeness (QED) is 0.781. The molecule has 0 saturated carbocycles. The first-order valence-electron chi connectivity index (χ1n) is 6.73. The van der Waals surface area contributed by atoms with Crippen LogP contribution < -0.4 is 16.0 Å². The third-order valence-electron chi connectivity index (χ3n) is 3.75. The Kier molecular flexibility index (Phi) is 3.30. The first kappa shape index (κ1) is 14.7. The van der Waals surface area contributed by atoms with E-state index in [0.717, 1.165) is 0 Å². The van der Waals surface area contributed by atoms with Crippen LogP contribution in [0.3, 0.4) is 0 Å². The molecular weight excluding hydrogens is 301 g/mol. The van der Waals surface area contributed by atoms with Crippen molar-refractivity contribution in [1.82, 2.24) is 4.73 Å². The third kappa shape index (κ3) is 2.21. The van der Waals surface area contributed by atoms with Crippen molar-refractivity contribution in [2.75, 3.05) is 0 Å². The van der Waals surface area contributed by atoms with E-state index in [4.69, 9.17) is 10.5 Å². The molecule has 2 aromatic rings. The molecule has 0 amide bonds. The molecule has 23 heavy (non-hydrogen) atoms. The Hall–Kier alpha value is -3.27. The second-order valence-electron chi connectivity index (χ2n) is 5.16. The second kappa shape index (κ2) is 5.18. The number of allylic oxidation sites excluding steroid dienone is 1. The van der Waals surface area contributed by atoms with Gasteiger partial charge in [0.25, 0.3) is 5.56 Å². The van der Waals surface area contributed by atoms with E-state index in [2.05, 4.69) is 0 Å². The summed E-state index contributed by atoms with van der Waals surface area (Å²) < 4.78 is 19.0. The average Bonchev–Trinajstić information content (AvgIpc) is 2.52. The van der Waals surface area contributed by atoms with E-state index in [-0.39, 0.29) is 28.5 Å². The van der Waals surface area contributed by atoms with E-state index in [9.17, 15) is 19.7 Å². The lowest BCUT2D eigenvalue weighted by atomic mass is 9.84. The standard InChI is InChI=1S/C16H12FN3O3/c1-8-6-12-14(16(21)20(8)22)13(11(7-18)15(19)23-12)9-2-4-10(17)5-3-9/h2-6,13,22H,19H2,1H3/t13-/m1/s1. The molecule has 1 aliphatic heterocycles. The summed E-state index contributed by atoms with van der Waals surface area (Å²) in [7, 11) is 0. The molecular formula is C16H12FN3O3. The molecule has 0 aliphatic carbocycles. The van der Waals surface area contributed by atoms with Crippen molar-refractivity contribution in [2.45, 2.75) is 12.8 Å². The van der Waals surface area contributed by atoms with Gasteiger partial charge in [0.15, 0.2) is 0 Å². The molecule has 1 aromatic heterocycles. The van der Waals surface area contributed by atoms with Crippen LogP contribution in [-0.2, 0) is 0 Å². The smallest absolute Gasteiger partial charge is 0.291 e. The highest BCUT2D eigenvalue weighted by molar-refractivity contribution is 5.55. The Labute approximate surface area is 130 Å². The van der Waals surface area contributed by atoms with Crippen LogP contribution in [0.5, 0.6) is 5.75 Å². The molecule has 1 aliphatic rings. The van der Waals surface area contributed by atoms with E-state index >= 15 is 0 Å². The van der Waals surface area contributed by atoms with Gasteiger partial charge < -0.3 is 15.7 Å². The van der Waals surface area contributed by atoms with E-state index in [1.807, 2.05) is 6.07 Å². The van der Waals surface area contributed by atoms with E-state index < -0.39 is 17.3 Å². The summed E-state index contributed by atoms with van der Waals surface area (Å²) in [4.78, 5) is 12.4.